The summed E-state index contributed by atoms with van der Waals surface area (Å²) in [5, 5.41) is 0. The number of imidazole rings is 1. The average molecular weight is 180 g/mol. The van der Waals surface area contributed by atoms with Gasteiger partial charge in [-0.1, -0.05) is 0 Å². The maximum Gasteiger partial charge on any atom is 0.134 e. The van der Waals surface area contributed by atoms with Crippen LogP contribution in [-0.4, -0.2) is 17.1 Å². The normalized spacial score (nSPS) is 10.5. The maximum atomic E-state index is 5.10. The number of fused-ring (bicyclic) bond motifs is 1. The van der Waals surface area contributed by atoms with E-state index < -0.39 is 0 Å². The molecule has 0 bridgehead atoms. The van der Waals surface area contributed by atoms with Crippen LogP contribution < -0.4 is 4.74 Å². The minimum atomic E-state index is 0.759. The molecule has 0 aliphatic heterocycles. The van der Waals surface area contributed by atoms with E-state index in [-0.39, 0.29) is 0 Å². The molecular weight excluding hydrogens is 172 g/mol. The topological polar surface area (TPSA) is 37.9 Å². The predicted molar refractivity (Wildman–Crippen MR) is 49.9 cm³/mol. The number of rotatable bonds is 1. The lowest BCUT2D eigenvalue weighted by atomic mass is 10.3. The number of methoxy groups -OCH3 is 1. The summed E-state index contributed by atoms with van der Waals surface area (Å²) in [5.74, 6) is 0.759. The zero-order valence-corrected chi connectivity index (χ0v) is 7.43. The number of hydrogen-bond donors (Lipinski definition) is 2. The van der Waals surface area contributed by atoms with Crippen LogP contribution >= 0.6 is 12.6 Å². The van der Waals surface area contributed by atoms with Crippen LogP contribution in [0.3, 0.4) is 0 Å². The van der Waals surface area contributed by atoms with Crippen molar-refractivity contribution in [2.24, 2.45) is 0 Å². The fourth-order valence-corrected chi connectivity index (χ4v) is 1.39. The Balaban J connectivity index is 2.73. The largest absolute Gasteiger partial charge is 0.496 e. The van der Waals surface area contributed by atoms with Gasteiger partial charge in [-0.05, 0) is 6.07 Å². The molecule has 4 heteroatoms. The molecule has 0 radical (unpaired) electrons. The average Bonchev–Trinajstić information content (AvgIpc) is 2.49. The molecule has 2 rings (SSSR count). The Kier molecular flexibility index (Phi) is 1.69. The number of nitrogens with one attached hydrogen (secondary N) is 1. The third-order valence-corrected chi connectivity index (χ3v) is 2.07. The third-order valence-electron chi connectivity index (χ3n) is 1.72. The zero-order valence-electron chi connectivity index (χ0n) is 6.53. The van der Waals surface area contributed by atoms with Crippen molar-refractivity contribution in [3.63, 3.8) is 0 Å². The van der Waals surface area contributed by atoms with Gasteiger partial charge in [-0.3, -0.25) is 0 Å². The molecule has 0 fully saturated rings. The highest BCUT2D eigenvalue weighted by Crippen LogP contribution is 2.26. The summed E-state index contributed by atoms with van der Waals surface area (Å²) in [4.78, 5) is 7.89. The molecule has 1 heterocycles. The minimum absolute atomic E-state index is 0.759. The van der Waals surface area contributed by atoms with Gasteiger partial charge < -0.3 is 9.72 Å². The van der Waals surface area contributed by atoms with Crippen LogP contribution in [0.2, 0.25) is 0 Å². The van der Waals surface area contributed by atoms with Crippen LogP contribution in [-0.2, 0) is 0 Å². The van der Waals surface area contributed by atoms with Gasteiger partial charge in [0.15, 0.2) is 0 Å². The summed E-state index contributed by atoms with van der Waals surface area (Å²) in [5.41, 5.74) is 1.87. The van der Waals surface area contributed by atoms with Crippen LogP contribution in [0.5, 0.6) is 5.75 Å². The van der Waals surface area contributed by atoms with Crippen LogP contribution in [0.1, 0.15) is 0 Å². The maximum absolute atomic E-state index is 5.10. The van der Waals surface area contributed by atoms with Gasteiger partial charge in [0.25, 0.3) is 0 Å². The first-order valence-corrected chi connectivity index (χ1v) is 3.96. The lowest BCUT2D eigenvalue weighted by Crippen LogP contribution is -1.84. The van der Waals surface area contributed by atoms with Crippen molar-refractivity contribution in [2.45, 2.75) is 4.90 Å². The van der Waals surface area contributed by atoms with Crippen molar-refractivity contribution in [2.75, 3.05) is 7.11 Å². The van der Waals surface area contributed by atoms with E-state index in [1.807, 2.05) is 12.1 Å². The molecule has 0 saturated carbocycles. The number of hydrogen-bond acceptors (Lipinski definition) is 3. The Morgan fingerprint density at radius 2 is 2.33 bits per heavy atom. The van der Waals surface area contributed by atoms with E-state index in [2.05, 4.69) is 22.6 Å². The monoisotopic (exact) mass is 180 g/mol. The molecule has 0 aliphatic rings. The fourth-order valence-electron chi connectivity index (χ4n) is 1.11. The molecule has 2 aromatic rings. The predicted octanol–water partition coefficient (Wildman–Crippen LogP) is 1.86. The molecule has 1 N–H and O–H groups in total. The molecule has 1 aromatic carbocycles. The van der Waals surface area contributed by atoms with Gasteiger partial charge >= 0.3 is 0 Å². The van der Waals surface area contributed by atoms with Gasteiger partial charge in [0.2, 0.25) is 0 Å². The molecule has 0 unspecified atom stereocenters. The van der Waals surface area contributed by atoms with E-state index in [1.54, 1.807) is 13.4 Å². The van der Waals surface area contributed by atoms with Crippen LogP contribution in [0, 0.1) is 0 Å². The summed E-state index contributed by atoms with van der Waals surface area (Å²) in [7, 11) is 1.62. The van der Waals surface area contributed by atoms with Gasteiger partial charge in [0.1, 0.15) is 5.75 Å². The molecule has 3 nitrogen and oxygen atoms in total. The van der Waals surface area contributed by atoms with Crippen LogP contribution in [0.4, 0.5) is 0 Å². The summed E-state index contributed by atoms with van der Waals surface area (Å²) >= 11 is 4.25. The Labute approximate surface area is 75.2 Å². The Bertz CT molecular complexity index is 410. The summed E-state index contributed by atoms with van der Waals surface area (Å²) in [6.07, 6.45) is 1.65. The molecule has 62 valence electrons. The highest BCUT2D eigenvalue weighted by atomic mass is 32.1. The van der Waals surface area contributed by atoms with Crippen LogP contribution in [0.15, 0.2) is 23.4 Å². The SMILES string of the molecule is COc1cc2[nH]cnc2cc1S. The molecule has 0 saturated heterocycles. The third kappa shape index (κ3) is 1.04. The fraction of sp³-hybridized carbons (Fsp3) is 0.125. The minimum Gasteiger partial charge on any atom is -0.496 e. The number of aromatic amines is 1. The van der Waals surface area contributed by atoms with Crippen molar-refractivity contribution in [1.82, 2.24) is 9.97 Å². The zero-order chi connectivity index (χ0) is 8.55. The lowest BCUT2D eigenvalue weighted by Gasteiger charge is -2.01. The van der Waals surface area contributed by atoms with Crippen molar-refractivity contribution in [3.8, 4) is 5.75 Å². The highest BCUT2D eigenvalue weighted by Gasteiger charge is 2.02. The van der Waals surface area contributed by atoms with E-state index in [1.165, 1.54) is 0 Å². The number of nitrogens with zero attached hydrogens (tertiary/aromatic N) is 1. The molecule has 0 aliphatic carbocycles. The number of benzene rings is 1. The molecule has 1 aromatic heterocycles. The first kappa shape index (κ1) is 7.49. The second kappa shape index (κ2) is 2.71. The standard InChI is InChI=1S/C8H8N2OS/c1-11-7-2-5-6(3-8(7)12)10-4-9-5/h2-4,12H,1H3,(H,9,10). The first-order chi connectivity index (χ1) is 5.81. The van der Waals surface area contributed by atoms with E-state index in [0.717, 1.165) is 21.7 Å². The molecule has 0 spiro atoms. The molecule has 0 atom stereocenters. The van der Waals surface area contributed by atoms with E-state index >= 15 is 0 Å². The van der Waals surface area contributed by atoms with Gasteiger partial charge in [0, 0.05) is 11.0 Å². The van der Waals surface area contributed by atoms with Crippen molar-refractivity contribution >= 4 is 23.7 Å². The number of aromatic nitrogens is 2. The first-order valence-electron chi connectivity index (χ1n) is 3.51. The second-order valence-corrected chi connectivity index (χ2v) is 2.93. The van der Waals surface area contributed by atoms with Gasteiger partial charge in [-0.2, -0.15) is 0 Å². The van der Waals surface area contributed by atoms with Gasteiger partial charge in [-0.25, -0.2) is 4.98 Å². The molecule has 12 heavy (non-hydrogen) atoms. The van der Waals surface area contributed by atoms with Gasteiger partial charge in [-0.15, -0.1) is 12.6 Å². The summed E-state index contributed by atoms with van der Waals surface area (Å²) in [6, 6.07) is 3.75. The Hall–Kier alpha value is -1.16. The van der Waals surface area contributed by atoms with Crippen molar-refractivity contribution in [3.05, 3.63) is 18.5 Å². The van der Waals surface area contributed by atoms with E-state index in [0.29, 0.717) is 0 Å². The van der Waals surface area contributed by atoms with Crippen molar-refractivity contribution in [1.29, 1.82) is 0 Å². The molecular formula is C8H8N2OS. The number of H-pyrrole nitrogens is 1. The second-order valence-electron chi connectivity index (χ2n) is 2.44. The summed E-state index contributed by atoms with van der Waals surface area (Å²) < 4.78 is 5.10. The molecule has 0 amide bonds. The Morgan fingerprint density at radius 1 is 1.50 bits per heavy atom. The van der Waals surface area contributed by atoms with Gasteiger partial charge in [0.05, 0.1) is 24.5 Å². The number of ether oxygens (including phenoxy) is 1. The number of thiol groups is 1. The highest BCUT2D eigenvalue weighted by molar-refractivity contribution is 7.80. The van der Waals surface area contributed by atoms with Crippen LogP contribution in [0.25, 0.3) is 11.0 Å². The summed E-state index contributed by atoms with van der Waals surface area (Å²) in [6.45, 7) is 0. The Morgan fingerprint density at radius 3 is 3.08 bits per heavy atom. The lowest BCUT2D eigenvalue weighted by molar-refractivity contribution is 0.405. The van der Waals surface area contributed by atoms with Crippen molar-refractivity contribution < 1.29 is 4.74 Å². The van der Waals surface area contributed by atoms with E-state index in [9.17, 15) is 0 Å². The van der Waals surface area contributed by atoms with E-state index in [4.69, 9.17) is 4.74 Å². The quantitative estimate of drug-likeness (QED) is 0.657. The smallest absolute Gasteiger partial charge is 0.134 e.